The SMILES string of the molecule is CCC(C)Cn1c(CN(C)C(=O)c2cccnc2)nc2ccccc21. The van der Waals surface area contributed by atoms with E-state index in [2.05, 4.69) is 29.5 Å². The van der Waals surface area contributed by atoms with Crippen LogP contribution in [-0.2, 0) is 13.1 Å². The van der Waals surface area contributed by atoms with Crippen LogP contribution in [0.3, 0.4) is 0 Å². The van der Waals surface area contributed by atoms with Crippen molar-refractivity contribution in [3.05, 3.63) is 60.2 Å². The van der Waals surface area contributed by atoms with Crippen LogP contribution in [0, 0.1) is 5.92 Å². The van der Waals surface area contributed by atoms with E-state index in [1.54, 1.807) is 29.4 Å². The molecule has 5 heteroatoms. The minimum Gasteiger partial charge on any atom is -0.334 e. The van der Waals surface area contributed by atoms with Gasteiger partial charge in [-0.15, -0.1) is 0 Å². The lowest BCUT2D eigenvalue weighted by molar-refractivity contribution is 0.0779. The molecule has 2 aromatic heterocycles. The molecule has 0 aliphatic heterocycles. The number of hydrogen-bond donors (Lipinski definition) is 0. The zero-order valence-corrected chi connectivity index (χ0v) is 15.0. The highest BCUT2D eigenvalue weighted by Crippen LogP contribution is 2.20. The number of rotatable bonds is 6. The summed E-state index contributed by atoms with van der Waals surface area (Å²) in [6, 6.07) is 11.7. The van der Waals surface area contributed by atoms with E-state index in [1.807, 2.05) is 25.2 Å². The molecule has 1 aromatic carbocycles. The van der Waals surface area contributed by atoms with Gasteiger partial charge in [0.1, 0.15) is 5.82 Å². The molecule has 0 radical (unpaired) electrons. The van der Waals surface area contributed by atoms with Crippen LogP contribution in [0.25, 0.3) is 11.0 Å². The molecule has 1 atom stereocenters. The van der Waals surface area contributed by atoms with Gasteiger partial charge in [0.2, 0.25) is 0 Å². The van der Waals surface area contributed by atoms with Gasteiger partial charge in [-0.05, 0) is 30.2 Å². The van der Waals surface area contributed by atoms with Gasteiger partial charge in [0.25, 0.3) is 5.91 Å². The van der Waals surface area contributed by atoms with Gasteiger partial charge >= 0.3 is 0 Å². The predicted molar refractivity (Wildman–Crippen MR) is 99.2 cm³/mol. The summed E-state index contributed by atoms with van der Waals surface area (Å²) in [6.45, 7) is 5.81. The molecule has 0 aliphatic carbocycles. The second-order valence-corrected chi connectivity index (χ2v) is 6.54. The summed E-state index contributed by atoms with van der Waals surface area (Å²) in [6.07, 6.45) is 4.37. The van der Waals surface area contributed by atoms with Crippen molar-refractivity contribution >= 4 is 16.9 Å². The van der Waals surface area contributed by atoms with E-state index >= 15 is 0 Å². The van der Waals surface area contributed by atoms with E-state index in [0.717, 1.165) is 29.8 Å². The Morgan fingerprint density at radius 1 is 1.24 bits per heavy atom. The number of carbonyl (C=O) groups excluding carboxylic acids is 1. The number of nitrogens with zero attached hydrogens (tertiary/aromatic N) is 4. The third-order valence-corrected chi connectivity index (χ3v) is 4.56. The summed E-state index contributed by atoms with van der Waals surface area (Å²) in [5.74, 6) is 1.42. The van der Waals surface area contributed by atoms with Gasteiger partial charge in [-0.1, -0.05) is 32.4 Å². The maximum absolute atomic E-state index is 12.6. The molecule has 0 bridgehead atoms. The molecule has 0 N–H and O–H groups in total. The molecular formula is C20H24N4O. The summed E-state index contributed by atoms with van der Waals surface area (Å²) >= 11 is 0. The summed E-state index contributed by atoms with van der Waals surface area (Å²) in [4.78, 5) is 23.1. The Bertz CT molecular complexity index is 857. The average Bonchev–Trinajstić information content (AvgIpc) is 2.98. The van der Waals surface area contributed by atoms with E-state index in [9.17, 15) is 4.79 Å². The van der Waals surface area contributed by atoms with Crippen molar-refractivity contribution in [3.8, 4) is 0 Å². The molecule has 5 nitrogen and oxygen atoms in total. The standard InChI is InChI=1S/C20H24N4O/c1-4-15(2)13-24-18-10-6-5-9-17(18)22-19(24)14-23(3)20(25)16-8-7-11-21-12-16/h5-12,15H,4,13-14H2,1-3H3. The summed E-state index contributed by atoms with van der Waals surface area (Å²) in [5.41, 5.74) is 2.69. The molecule has 0 fully saturated rings. The van der Waals surface area contributed by atoms with Gasteiger partial charge in [-0.3, -0.25) is 9.78 Å². The summed E-state index contributed by atoms with van der Waals surface area (Å²) in [5, 5.41) is 0. The maximum atomic E-state index is 12.6. The summed E-state index contributed by atoms with van der Waals surface area (Å²) < 4.78 is 2.25. The first-order valence-corrected chi connectivity index (χ1v) is 8.69. The highest BCUT2D eigenvalue weighted by Gasteiger charge is 2.17. The van der Waals surface area contributed by atoms with Crippen molar-refractivity contribution in [2.45, 2.75) is 33.4 Å². The van der Waals surface area contributed by atoms with Gasteiger partial charge in [0.05, 0.1) is 23.1 Å². The second-order valence-electron chi connectivity index (χ2n) is 6.54. The lowest BCUT2D eigenvalue weighted by Gasteiger charge is -2.19. The second kappa shape index (κ2) is 7.47. The monoisotopic (exact) mass is 336 g/mol. The molecule has 0 saturated carbocycles. The number of aromatic nitrogens is 3. The Hall–Kier alpha value is -2.69. The van der Waals surface area contributed by atoms with Gasteiger partial charge < -0.3 is 9.47 Å². The predicted octanol–water partition coefficient (Wildman–Crippen LogP) is 3.75. The number of benzene rings is 1. The van der Waals surface area contributed by atoms with Crippen molar-refractivity contribution in [1.82, 2.24) is 19.4 Å². The van der Waals surface area contributed by atoms with Crippen molar-refractivity contribution in [2.24, 2.45) is 5.92 Å². The number of fused-ring (bicyclic) bond motifs is 1. The van der Waals surface area contributed by atoms with Crippen molar-refractivity contribution < 1.29 is 4.79 Å². The van der Waals surface area contributed by atoms with Crippen LogP contribution in [0.1, 0.15) is 36.5 Å². The maximum Gasteiger partial charge on any atom is 0.255 e. The minimum atomic E-state index is -0.0461. The number of hydrogen-bond acceptors (Lipinski definition) is 3. The molecule has 3 aromatic rings. The number of amides is 1. The average molecular weight is 336 g/mol. The molecule has 0 saturated heterocycles. The quantitative estimate of drug-likeness (QED) is 0.689. The van der Waals surface area contributed by atoms with Gasteiger partial charge in [-0.25, -0.2) is 4.98 Å². The topological polar surface area (TPSA) is 51.0 Å². The third-order valence-electron chi connectivity index (χ3n) is 4.56. The summed E-state index contributed by atoms with van der Waals surface area (Å²) in [7, 11) is 1.81. The van der Waals surface area contributed by atoms with E-state index < -0.39 is 0 Å². The first kappa shape index (κ1) is 17.1. The highest BCUT2D eigenvalue weighted by molar-refractivity contribution is 5.93. The van der Waals surface area contributed by atoms with E-state index in [4.69, 9.17) is 4.98 Å². The molecule has 130 valence electrons. The Morgan fingerprint density at radius 3 is 2.76 bits per heavy atom. The fourth-order valence-corrected chi connectivity index (χ4v) is 2.88. The lowest BCUT2D eigenvalue weighted by atomic mass is 10.1. The van der Waals surface area contributed by atoms with Gasteiger partial charge in [0.15, 0.2) is 0 Å². The minimum absolute atomic E-state index is 0.0461. The highest BCUT2D eigenvalue weighted by atomic mass is 16.2. The third kappa shape index (κ3) is 3.71. The smallest absolute Gasteiger partial charge is 0.255 e. The van der Waals surface area contributed by atoms with E-state index in [1.165, 1.54) is 0 Å². The molecule has 2 heterocycles. The largest absolute Gasteiger partial charge is 0.334 e. The number of para-hydroxylation sites is 2. The first-order chi connectivity index (χ1) is 12.1. The number of imidazole rings is 1. The molecular weight excluding hydrogens is 312 g/mol. The van der Waals surface area contributed by atoms with Crippen LogP contribution in [-0.4, -0.2) is 32.4 Å². The molecule has 0 aliphatic rings. The molecule has 3 rings (SSSR count). The molecule has 25 heavy (non-hydrogen) atoms. The Morgan fingerprint density at radius 2 is 2.04 bits per heavy atom. The van der Waals surface area contributed by atoms with Crippen LogP contribution in [0.15, 0.2) is 48.8 Å². The Balaban J connectivity index is 1.89. The van der Waals surface area contributed by atoms with Crippen LogP contribution in [0.4, 0.5) is 0 Å². The zero-order valence-electron chi connectivity index (χ0n) is 15.0. The normalized spacial score (nSPS) is 12.3. The first-order valence-electron chi connectivity index (χ1n) is 8.69. The fourth-order valence-electron chi connectivity index (χ4n) is 2.88. The Labute approximate surface area is 148 Å². The van der Waals surface area contributed by atoms with Crippen molar-refractivity contribution in [2.75, 3.05) is 7.05 Å². The van der Waals surface area contributed by atoms with E-state index in [0.29, 0.717) is 18.0 Å². The van der Waals surface area contributed by atoms with Crippen LogP contribution < -0.4 is 0 Å². The van der Waals surface area contributed by atoms with Gasteiger partial charge in [-0.2, -0.15) is 0 Å². The van der Waals surface area contributed by atoms with Crippen molar-refractivity contribution in [1.29, 1.82) is 0 Å². The van der Waals surface area contributed by atoms with Crippen LogP contribution >= 0.6 is 0 Å². The molecule has 0 spiro atoms. The van der Waals surface area contributed by atoms with E-state index in [-0.39, 0.29) is 5.91 Å². The number of carbonyl (C=O) groups is 1. The van der Waals surface area contributed by atoms with Gasteiger partial charge in [0, 0.05) is 26.0 Å². The van der Waals surface area contributed by atoms with Crippen molar-refractivity contribution in [3.63, 3.8) is 0 Å². The van der Waals surface area contributed by atoms with Crippen LogP contribution in [0.5, 0.6) is 0 Å². The zero-order chi connectivity index (χ0) is 17.8. The molecule has 1 amide bonds. The molecule has 1 unspecified atom stereocenters. The number of pyridine rings is 1. The fraction of sp³-hybridized carbons (Fsp3) is 0.350. The van der Waals surface area contributed by atoms with Crippen LogP contribution in [0.2, 0.25) is 0 Å². The lowest BCUT2D eigenvalue weighted by Crippen LogP contribution is -2.28. The Kier molecular flexibility index (Phi) is 5.12.